The fourth-order valence-electron chi connectivity index (χ4n) is 3.65. The lowest BCUT2D eigenvalue weighted by molar-refractivity contribution is -0.168. The van der Waals surface area contributed by atoms with Gasteiger partial charge < -0.3 is 14.7 Å². The molecule has 1 aliphatic heterocycles. The molecular formula is C16H30N2O3. The monoisotopic (exact) mass is 298 g/mol. The number of amides is 1. The van der Waals surface area contributed by atoms with Crippen LogP contribution in [-0.2, 0) is 9.53 Å². The maximum absolute atomic E-state index is 12.3. The molecule has 0 radical (unpaired) electrons. The lowest BCUT2D eigenvalue weighted by Gasteiger charge is -2.43. The number of carbonyl (C=O) groups excluding carboxylic acids is 1. The average molecular weight is 298 g/mol. The number of rotatable bonds is 3. The summed E-state index contributed by atoms with van der Waals surface area (Å²) in [6.45, 7) is 4.42. The first-order valence-electron chi connectivity index (χ1n) is 8.15. The molecule has 1 saturated heterocycles. The van der Waals surface area contributed by atoms with E-state index in [0.29, 0.717) is 19.7 Å². The summed E-state index contributed by atoms with van der Waals surface area (Å²) >= 11 is 0. The first-order chi connectivity index (χ1) is 9.85. The Morgan fingerprint density at radius 3 is 2.43 bits per heavy atom. The van der Waals surface area contributed by atoms with Crippen LogP contribution in [0.2, 0.25) is 0 Å². The summed E-state index contributed by atoms with van der Waals surface area (Å²) in [6, 6.07) is 0. The van der Waals surface area contributed by atoms with Crippen molar-refractivity contribution in [2.45, 2.75) is 56.7 Å². The van der Waals surface area contributed by atoms with Gasteiger partial charge in [0, 0.05) is 33.7 Å². The van der Waals surface area contributed by atoms with E-state index in [1.807, 2.05) is 6.92 Å². The molecule has 0 spiro atoms. The molecule has 1 N–H and O–H groups in total. The summed E-state index contributed by atoms with van der Waals surface area (Å²) in [5.41, 5.74) is -1.38. The predicted octanol–water partition coefficient (Wildman–Crippen LogP) is 1.25. The van der Waals surface area contributed by atoms with Gasteiger partial charge in [-0.1, -0.05) is 25.7 Å². The maximum atomic E-state index is 12.3. The third-order valence-electron chi connectivity index (χ3n) is 4.76. The summed E-state index contributed by atoms with van der Waals surface area (Å²) < 4.78 is 5.75. The molecule has 5 nitrogen and oxygen atoms in total. The number of hydrogen-bond acceptors (Lipinski definition) is 4. The topological polar surface area (TPSA) is 53.0 Å². The first-order valence-corrected chi connectivity index (χ1v) is 8.15. The van der Waals surface area contributed by atoms with Gasteiger partial charge in [0.2, 0.25) is 0 Å². The molecule has 2 rings (SSSR count). The molecule has 1 amide bonds. The molecule has 1 heterocycles. The van der Waals surface area contributed by atoms with Gasteiger partial charge in [-0.25, -0.2) is 0 Å². The van der Waals surface area contributed by atoms with Crippen molar-refractivity contribution in [1.29, 1.82) is 0 Å². The summed E-state index contributed by atoms with van der Waals surface area (Å²) in [6.07, 6.45) is 6.42. The van der Waals surface area contributed by atoms with Crippen molar-refractivity contribution in [2.75, 3.05) is 40.3 Å². The normalized spacial score (nSPS) is 30.7. The Kier molecular flexibility index (Phi) is 5.28. The number of likely N-dealkylation sites (N-methyl/N-ethyl adjacent to an activating group) is 1. The van der Waals surface area contributed by atoms with Crippen LogP contribution in [0.25, 0.3) is 0 Å². The van der Waals surface area contributed by atoms with Crippen LogP contribution in [0.1, 0.15) is 45.4 Å². The van der Waals surface area contributed by atoms with Crippen LogP contribution >= 0.6 is 0 Å². The molecule has 1 atom stereocenters. The van der Waals surface area contributed by atoms with Gasteiger partial charge in [-0.05, 0) is 19.8 Å². The fourth-order valence-corrected chi connectivity index (χ4v) is 3.65. The number of aliphatic hydroxyl groups is 1. The van der Waals surface area contributed by atoms with Gasteiger partial charge in [0.05, 0.1) is 12.2 Å². The molecule has 0 unspecified atom stereocenters. The molecular weight excluding hydrogens is 268 g/mol. The highest BCUT2D eigenvalue weighted by molar-refractivity contribution is 5.84. The largest absolute Gasteiger partial charge is 0.389 e. The SMILES string of the molecule is CN(C)C(=O)[C@@]1(C)CN(CC2(O)CCCCCC2)CCO1. The van der Waals surface area contributed by atoms with E-state index < -0.39 is 11.2 Å². The van der Waals surface area contributed by atoms with Crippen LogP contribution in [0, 0.1) is 0 Å². The molecule has 2 aliphatic rings. The Morgan fingerprint density at radius 2 is 1.86 bits per heavy atom. The Balaban J connectivity index is 1.99. The van der Waals surface area contributed by atoms with Crippen LogP contribution in [0.5, 0.6) is 0 Å². The molecule has 21 heavy (non-hydrogen) atoms. The van der Waals surface area contributed by atoms with E-state index in [9.17, 15) is 9.90 Å². The van der Waals surface area contributed by atoms with Gasteiger partial charge in [-0.3, -0.25) is 9.69 Å². The number of ether oxygens (including phenoxy) is 1. The van der Waals surface area contributed by atoms with Crippen molar-refractivity contribution in [3.63, 3.8) is 0 Å². The molecule has 5 heteroatoms. The minimum Gasteiger partial charge on any atom is -0.389 e. The van der Waals surface area contributed by atoms with Gasteiger partial charge in [0.1, 0.15) is 0 Å². The van der Waals surface area contributed by atoms with E-state index in [1.165, 1.54) is 12.8 Å². The first kappa shape index (κ1) is 16.7. The van der Waals surface area contributed by atoms with Crippen LogP contribution in [-0.4, -0.2) is 72.4 Å². The van der Waals surface area contributed by atoms with Gasteiger partial charge in [0.15, 0.2) is 5.60 Å². The van der Waals surface area contributed by atoms with E-state index in [0.717, 1.165) is 32.2 Å². The van der Waals surface area contributed by atoms with E-state index in [2.05, 4.69) is 4.90 Å². The second-order valence-corrected chi connectivity index (χ2v) is 7.13. The highest BCUT2D eigenvalue weighted by atomic mass is 16.5. The molecule has 0 bridgehead atoms. The quantitative estimate of drug-likeness (QED) is 0.797. The van der Waals surface area contributed by atoms with Crippen molar-refractivity contribution < 1.29 is 14.6 Å². The second-order valence-electron chi connectivity index (χ2n) is 7.13. The summed E-state index contributed by atoms with van der Waals surface area (Å²) in [5.74, 6) is 0.0000520. The molecule has 122 valence electrons. The Morgan fingerprint density at radius 1 is 1.24 bits per heavy atom. The fraction of sp³-hybridized carbons (Fsp3) is 0.938. The second kappa shape index (κ2) is 6.63. The van der Waals surface area contributed by atoms with E-state index in [-0.39, 0.29) is 5.91 Å². The van der Waals surface area contributed by atoms with Crippen molar-refractivity contribution in [3.05, 3.63) is 0 Å². The van der Waals surface area contributed by atoms with Gasteiger partial charge >= 0.3 is 0 Å². The zero-order chi connectivity index (χ0) is 15.5. The zero-order valence-corrected chi connectivity index (χ0v) is 13.7. The van der Waals surface area contributed by atoms with Gasteiger partial charge in [-0.2, -0.15) is 0 Å². The van der Waals surface area contributed by atoms with Crippen molar-refractivity contribution in [3.8, 4) is 0 Å². The number of hydrogen-bond donors (Lipinski definition) is 1. The van der Waals surface area contributed by atoms with Crippen LogP contribution < -0.4 is 0 Å². The Hall–Kier alpha value is -0.650. The van der Waals surface area contributed by atoms with Gasteiger partial charge in [-0.15, -0.1) is 0 Å². The minimum absolute atomic E-state index is 0.0000520. The Labute approximate surface area is 128 Å². The molecule has 0 aromatic rings. The summed E-state index contributed by atoms with van der Waals surface area (Å²) in [5, 5.41) is 10.8. The van der Waals surface area contributed by atoms with Crippen LogP contribution in [0.4, 0.5) is 0 Å². The lowest BCUT2D eigenvalue weighted by Crippen LogP contribution is -2.60. The number of nitrogens with zero attached hydrogens (tertiary/aromatic N) is 2. The number of β-amino-alcohol motifs (C(OH)–C–C–N with tert-alkyl or cyclic N) is 1. The minimum atomic E-state index is -0.789. The summed E-state index contributed by atoms with van der Waals surface area (Å²) in [7, 11) is 3.52. The molecule has 0 aromatic heterocycles. The van der Waals surface area contributed by atoms with Crippen LogP contribution in [0.3, 0.4) is 0 Å². The third kappa shape index (κ3) is 4.18. The smallest absolute Gasteiger partial charge is 0.255 e. The van der Waals surface area contributed by atoms with E-state index in [4.69, 9.17) is 4.74 Å². The predicted molar refractivity (Wildman–Crippen MR) is 82.1 cm³/mol. The van der Waals surface area contributed by atoms with E-state index in [1.54, 1.807) is 19.0 Å². The summed E-state index contributed by atoms with van der Waals surface area (Å²) in [4.78, 5) is 16.1. The molecule has 0 aromatic carbocycles. The molecule has 1 saturated carbocycles. The van der Waals surface area contributed by atoms with Crippen molar-refractivity contribution in [2.24, 2.45) is 0 Å². The lowest BCUT2D eigenvalue weighted by atomic mass is 9.92. The highest BCUT2D eigenvalue weighted by Gasteiger charge is 2.42. The Bertz CT molecular complexity index is 365. The molecule has 1 aliphatic carbocycles. The van der Waals surface area contributed by atoms with E-state index >= 15 is 0 Å². The highest BCUT2D eigenvalue weighted by Crippen LogP contribution is 2.29. The molecule has 2 fully saturated rings. The maximum Gasteiger partial charge on any atom is 0.255 e. The van der Waals surface area contributed by atoms with Crippen LogP contribution in [0.15, 0.2) is 0 Å². The van der Waals surface area contributed by atoms with Crippen molar-refractivity contribution >= 4 is 5.91 Å². The number of morpholine rings is 1. The zero-order valence-electron chi connectivity index (χ0n) is 13.7. The average Bonchev–Trinajstić information content (AvgIpc) is 2.62. The van der Waals surface area contributed by atoms with Gasteiger partial charge in [0.25, 0.3) is 5.91 Å². The third-order valence-corrected chi connectivity index (χ3v) is 4.76. The van der Waals surface area contributed by atoms with Crippen molar-refractivity contribution in [1.82, 2.24) is 9.80 Å². The number of carbonyl (C=O) groups is 1. The standard InChI is InChI=1S/C16H30N2O3/c1-15(14(19)17(2)3)12-18(10-11-21-15)13-16(20)8-6-4-5-7-9-16/h20H,4-13H2,1-3H3/t15-/m1/s1.